The van der Waals surface area contributed by atoms with Crippen LogP contribution < -0.4 is 16.6 Å². The number of anilines is 1. The van der Waals surface area contributed by atoms with Crippen LogP contribution in [0.2, 0.25) is 0 Å². The van der Waals surface area contributed by atoms with Crippen molar-refractivity contribution in [3.8, 4) is 0 Å². The number of hydrogen-bond acceptors (Lipinski definition) is 5. The predicted octanol–water partition coefficient (Wildman–Crippen LogP) is -0.0964. The summed E-state index contributed by atoms with van der Waals surface area (Å²) < 4.78 is 0. The van der Waals surface area contributed by atoms with Gasteiger partial charge in [0.15, 0.2) is 0 Å². The molecule has 2 atom stereocenters. The van der Waals surface area contributed by atoms with Crippen molar-refractivity contribution >= 4 is 11.8 Å². The van der Waals surface area contributed by atoms with Gasteiger partial charge in [0, 0.05) is 0 Å². The molecule has 2 rings (SSSR count). The normalized spacial score (nSPS) is 26.9. The number of nitrogens with one attached hydrogen (secondary N) is 3. The SMILES string of the molecule is CC1CCCC(Nc2n[nH]c(=O)[nH]c2=O)(C(=O)O)C1. The van der Waals surface area contributed by atoms with Gasteiger partial charge >= 0.3 is 11.7 Å². The van der Waals surface area contributed by atoms with Gasteiger partial charge in [0.2, 0.25) is 5.82 Å². The zero-order valence-corrected chi connectivity index (χ0v) is 10.5. The van der Waals surface area contributed by atoms with Gasteiger partial charge in [0.1, 0.15) is 5.54 Å². The Labute approximate surface area is 108 Å². The van der Waals surface area contributed by atoms with Crippen LogP contribution in [0.3, 0.4) is 0 Å². The molecular weight excluding hydrogens is 252 g/mol. The van der Waals surface area contributed by atoms with E-state index in [1.807, 2.05) is 11.9 Å². The first kappa shape index (κ1) is 13.3. The van der Waals surface area contributed by atoms with Crippen molar-refractivity contribution in [2.45, 2.75) is 38.1 Å². The fraction of sp³-hybridized carbons (Fsp3) is 0.636. The molecule has 1 aromatic heterocycles. The van der Waals surface area contributed by atoms with Crippen molar-refractivity contribution in [2.24, 2.45) is 5.92 Å². The Morgan fingerprint density at radius 2 is 2.26 bits per heavy atom. The molecule has 1 fully saturated rings. The molecule has 0 spiro atoms. The van der Waals surface area contributed by atoms with Crippen LogP contribution in [-0.4, -0.2) is 31.8 Å². The third-order valence-corrected chi connectivity index (χ3v) is 3.48. The number of aromatic amines is 2. The minimum Gasteiger partial charge on any atom is -0.480 e. The number of hydrogen-bond donors (Lipinski definition) is 4. The molecule has 0 aliphatic heterocycles. The number of rotatable bonds is 3. The van der Waals surface area contributed by atoms with Gasteiger partial charge in [0.05, 0.1) is 0 Å². The van der Waals surface area contributed by atoms with Crippen LogP contribution in [0.4, 0.5) is 5.82 Å². The minimum atomic E-state index is -1.20. The van der Waals surface area contributed by atoms with E-state index in [2.05, 4.69) is 15.5 Å². The molecule has 1 heterocycles. The Morgan fingerprint density at radius 3 is 2.84 bits per heavy atom. The van der Waals surface area contributed by atoms with E-state index in [0.29, 0.717) is 12.8 Å². The minimum absolute atomic E-state index is 0.170. The van der Waals surface area contributed by atoms with Gasteiger partial charge in [-0.1, -0.05) is 19.8 Å². The first-order chi connectivity index (χ1) is 8.93. The van der Waals surface area contributed by atoms with Crippen molar-refractivity contribution in [1.82, 2.24) is 15.2 Å². The summed E-state index contributed by atoms with van der Waals surface area (Å²) >= 11 is 0. The number of carboxylic acid groups (broad SMARTS) is 1. The second kappa shape index (κ2) is 4.87. The van der Waals surface area contributed by atoms with E-state index in [9.17, 15) is 19.5 Å². The predicted molar refractivity (Wildman–Crippen MR) is 67.1 cm³/mol. The number of aromatic nitrogens is 3. The first-order valence-electron chi connectivity index (χ1n) is 6.13. The van der Waals surface area contributed by atoms with E-state index in [1.165, 1.54) is 0 Å². The third kappa shape index (κ3) is 2.67. The Morgan fingerprint density at radius 1 is 1.53 bits per heavy atom. The highest BCUT2D eigenvalue weighted by Crippen LogP contribution is 2.34. The van der Waals surface area contributed by atoms with Crippen LogP contribution in [0.25, 0.3) is 0 Å². The summed E-state index contributed by atoms with van der Waals surface area (Å²) in [5.74, 6) is -0.929. The largest absolute Gasteiger partial charge is 0.480 e. The summed E-state index contributed by atoms with van der Waals surface area (Å²) in [6, 6.07) is 0. The van der Waals surface area contributed by atoms with E-state index in [4.69, 9.17) is 0 Å². The molecule has 1 saturated carbocycles. The maximum Gasteiger partial charge on any atom is 0.342 e. The van der Waals surface area contributed by atoms with Crippen molar-refractivity contribution in [3.05, 3.63) is 20.8 Å². The molecule has 2 unspecified atom stereocenters. The average Bonchev–Trinajstić information content (AvgIpc) is 2.33. The topological polar surface area (TPSA) is 128 Å². The molecule has 19 heavy (non-hydrogen) atoms. The van der Waals surface area contributed by atoms with Crippen molar-refractivity contribution < 1.29 is 9.90 Å². The van der Waals surface area contributed by atoms with Crippen molar-refractivity contribution in [1.29, 1.82) is 0 Å². The Bertz CT molecular complexity index is 593. The summed E-state index contributed by atoms with van der Waals surface area (Å²) in [6.45, 7) is 1.98. The number of H-pyrrole nitrogens is 2. The molecule has 8 heteroatoms. The lowest BCUT2D eigenvalue weighted by Crippen LogP contribution is -2.51. The zero-order valence-electron chi connectivity index (χ0n) is 10.5. The average molecular weight is 268 g/mol. The van der Waals surface area contributed by atoms with E-state index in [-0.39, 0.29) is 11.7 Å². The fourth-order valence-corrected chi connectivity index (χ4v) is 2.57. The number of nitrogens with zero attached hydrogens (tertiary/aromatic N) is 1. The highest BCUT2D eigenvalue weighted by molar-refractivity contribution is 5.82. The molecule has 0 radical (unpaired) electrons. The quantitative estimate of drug-likeness (QED) is 0.606. The number of aliphatic carboxylic acids is 1. The molecule has 8 nitrogen and oxygen atoms in total. The number of carbonyl (C=O) groups is 1. The summed E-state index contributed by atoms with van der Waals surface area (Å²) in [6.07, 6.45) is 2.57. The smallest absolute Gasteiger partial charge is 0.342 e. The van der Waals surface area contributed by atoms with Gasteiger partial charge in [-0.2, -0.15) is 0 Å². The van der Waals surface area contributed by atoms with Crippen LogP contribution >= 0.6 is 0 Å². The van der Waals surface area contributed by atoms with E-state index in [1.54, 1.807) is 0 Å². The molecule has 1 aromatic rings. The summed E-state index contributed by atoms with van der Waals surface area (Å²) in [4.78, 5) is 36.0. The van der Waals surface area contributed by atoms with E-state index < -0.39 is 22.8 Å². The van der Waals surface area contributed by atoms with E-state index >= 15 is 0 Å². The molecule has 1 aliphatic rings. The maximum absolute atomic E-state index is 11.6. The summed E-state index contributed by atoms with van der Waals surface area (Å²) in [5, 5.41) is 17.8. The first-order valence-corrected chi connectivity index (χ1v) is 6.13. The maximum atomic E-state index is 11.6. The molecule has 4 N–H and O–H groups in total. The van der Waals surface area contributed by atoms with Crippen molar-refractivity contribution in [2.75, 3.05) is 5.32 Å². The van der Waals surface area contributed by atoms with Gasteiger partial charge in [-0.25, -0.2) is 14.7 Å². The number of carboxylic acids is 1. The van der Waals surface area contributed by atoms with Gasteiger partial charge in [-0.05, 0) is 18.8 Å². The highest BCUT2D eigenvalue weighted by atomic mass is 16.4. The standard InChI is InChI=1S/C11H16N4O4/c1-6-3-2-4-11(5-6,9(17)18)13-7-8(16)12-10(19)15-14-7/h6H,2-5H2,1H3,(H,13,14)(H,17,18)(H2,12,15,16,19). The van der Waals surface area contributed by atoms with Gasteiger partial charge in [-0.3, -0.25) is 9.78 Å². The summed E-state index contributed by atoms with van der Waals surface area (Å²) in [5.41, 5.74) is -2.64. The fourth-order valence-electron chi connectivity index (χ4n) is 2.57. The second-order valence-corrected chi connectivity index (χ2v) is 5.07. The second-order valence-electron chi connectivity index (χ2n) is 5.07. The summed E-state index contributed by atoms with van der Waals surface area (Å²) in [7, 11) is 0. The lowest BCUT2D eigenvalue weighted by molar-refractivity contribution is -0.144. The van der Waals surface area contributed by atoms with Gasteiger partial charge in [-0.15, -0.1) is 5.10 Å². The van der Waals surface area contributed by atoms with Crippen LogP contribution in [0.5, 0.6) is 0 Å². The Hall–Kier alpha value is -2.12. The van der Waals surface area contributed by atoms with Crippen LogP contribution in [0.15, 0.2) is 9.59 Å². The van der Waals surface area contributed by atoms with Gasteiger partial charge in [0.25, 0.3) is 5.56 Å². The molecule has 1 aliphatic carbocycles. The monoisotopic (exact) mass is 268 g/mol. The Balaban J connectivity index is 2.33. The molecule has 0 saturated heterocycles. The van der Waals surface area contributed by atoms with Crippen LogP contribution in [0.1, 0.15) is 32.6 Å². The zero-order chi connectivity index (χ0) is 14.0. The molecule has 104 valence electrons. The lowest BCUT2D eigenvalue weighted by Gasteiger charge is -2.37. The third-order valence-electron chi connectivity index (χ3n) is 3.48. The molecule has 0 bridgehead atoms. The lowest BCUT2D eigenvalue weighted by atomic mass is 9.76. The molecule has 0 amide bonds. The van der Waals surface area contributed by atoms with Crippen LogP contribution in [-0.2, 0) is 4.79 Å². The van der Waals surface area contributed by atoms with Gasteiger partial charge < -0.3 is 10.4 Å². The Kier molecular flexibility index (Phi) is 3.41. The van der Waals surface area contributed by atoms with Crippen LogP contribution in [0, 0.1) is 5.92 Å². The molecular formula is C11H16N4O4. The van der Waals surface area contributed by atoms with E-state index in [0.717, 1.165) is 12.8 Å². The highest BCUT2D eigenvalue weighted by Gasteiger charge is 2.42. The van der Waals surface area contributed by atoms with Crippen molar-refractivity contribution in [3.63, 3.8) is 0 Å². The molecule has 0 aromatic carbocycles.